The highest BCUT2D eigenvalue weighted by Gasteiger charge is 2.23. The Hall–Kier alpha value is -2.90. The van der Waals surface area contributed by atoms with E-state index >= 15 is 0 Å². The van der Waals surface area contributed by atoms with Crippen molar-refractivity contribution in [2.75, 3.05) is 6.54 Å². The van der Waals surface area contributed by atoms with E-state index in [2.05, 4.69) is 10.4 Å². The largest absolute Gasteiger partial charge is 0.349 e. The number of nitrogens with zero attached hydrogens (tertiary/aromatic N) is 4. The zero-order valence-corrected chi connectivity index (χ0v) is 15.0. The lowest BCUT2D eigenvalue weighted by molar-refractivity contribution is -0.136. The van der Waals surface area contributed by atoms with Gasteiger partial charge in [-0.1, -0.05) is 19.9 Å². The molecule has 2 amide bonds. The first-order valence-corrected chi connectivity index (χ1v) is 8.70. The molecule has 3 heterocycles. The van der Waals surface area contributed by atoms with Gasteiger partial charge < -0.3 is 14.8 Å². The molecule has 26 heavy (non-hydrogen) atoms. The lowest BCUT2D eigenvalue weighted by atomic mass is 10.1. The van der Waals surface area contributed by atoms with Gasteiger partial charge in [0.05, 0.1) is 31.0 Å². The molecule has 0 saturated carbocycles. The molecule has 0 spiro atoms. The number of carbonyl (C=O) groups is 2. The van der Waals surface area contributed by atoms with Crippen molar-refractivity contribution in [3.05, 3.63) is 52.2 Å². The van der Waals surface area contributed by atoms with E-state index in [0.29, 0.717) is 26.2 Å². The van der Waals surface area contributed by atoms with E-state index in [1.165, 1.54) is 10.6 Å². The summed E-state index contributed by atoms with van der Waals surface area (Å²) in [6.07, 6.45) is 1.58. The first-order valence-electron chi connectivity index (χ1n) is 8.70. The molecule has 0 atom stereocenters. The molecular weight excluding hydrogens is 334 g/mol. The molecule has 0 fully saturated rings. The van der Waals surface area contributed by atoms with Crippen LogP contribution in [0.1, 0.15) is 25.2 Å². The Morgan fingerprint density at radius 2 is 2.08 bits per heavy atom. The zero-order chi connectivity index (χ0) is 18.7. The highest BCUT2D eigenvalue weighted by molar-refractivity contribution is 5.78. The SMILES string of the molecule is CC(C)C(=O)N1CCn2nc(CNC(=O)Cn3ccccc3=O)cc2C1. The third-order valence-electron chi connectivity index (χ3n) is 4.33. The lowest BCUT2D eigenvalue weighted by Gasteiger charge is -2.29. The normalized spacial score (nSPS) is 13.6. The van der Waals surface area contributed by atoms with E-state index in [9.17, 15) is 14.4 Å². The van der Waals surface area contributed by atoms with E-state index < -0.39 is 0 Å². The zero-order valence-electron chi connectivity index (χ0n) is 15.0. The summed E-state index contributed by atoms with van der Waals surface area (Å²) in [7, 11) is 0. The molecule has 0 radical (unpaired) electrons. The topological polar surface area (TPSA) is 89.2 Å². The predicted octanol–water partition coefficient (Wildman–Crippen LogP) is 0.359. The van der Waals surface area contributed by atoms with Crippen LogP contribution in [-0.2, 0) is 35.8 Å². The molecule has 1 aliphatic heterocycles. The number of pyridine rings is 1. The van der Waals surface area contributed by atoms with Crippen molar-refractivity contribution in [3.63, 3.8) is 0 Å². The van der Waals surface area contributed by atoms with Gasteiger partial charge in [-0.05, 0) is 12.1 Å². The van der Waals surface area contributed by atoms with Crippen molar-refractivity contribution < 1.29 is 9.59 Å². The monoisotopic (exact) mass is 357 g/mol. The Balaban J connectivity index is 1.57. The Kier molecular flexibility index (Phi) is 5.20. The van der Waals surface area contributed by atoms with E-state index in [0.717, 1.165) is 11.4 Å². The molecule has 138 valence electrons. The van der Waals surface area contributed by atoms with E-state index in [4.69, 9.17) is 0 Å². The van der Waals surface area contributed by atoms with Gasteiger partial charge in [-0.2, -0.15) is 5.10 Å². The van der Waals surface area contributed by atoms with Gasteiger partial charge in [0, 0.05) is 24.7 Å². The van der Waals surface area contributed by atoms with Crippen LogP contribution in [0.3, 0.4) is 0 Å². The summed E-state index contributed by atoms with van der Waals surface area (Å²) in [6.45, 7) is 5.90. The first-order chi connectivity index (χ1) is 12.4. The molecule has 1 aliphatic rings. The molecule has 8 nitrogen and oxygen atoms in total. The second-order valence-corrected chi connectivity index (χ2v) is 6.71. The van der Waals surface area contributed by atoms with Gasteiger partial charge in [0.1, 0.15) is 6.54 Å². The number of aromatic nitrogens is 3. The maximum Gasteiger partial charge on any atom is 0.250 e. The van der Waals surface area contributed by atoms with Crippen LogP contribution in [0.2, 0.25) is 0 Å². The summed E-state index contributed by atoms with van der Waals surface area (Å²) in [5.41, 5.74) is 1.50. The van der Waals surface area contributed by atoms with Gasteiger partial charge in [-0.15, -0.1) is 0 Å². The second-order valence-electron chi connectivity index (χ2n) is 6.71. The maximum absolute atomic E-state index is 12.1. The van der Waals surface area contributed by atoms with Crippen molar-refractivity contribution in [1.29, 1.82) is 0 Å². The molecule has 0 unspecified atom stereocenters. The van der Waals surface area contributed by atoms with Crippen LogP contribution in [0.4, 0.5) is 0 Å². The van der Waals surface area contributed by atoms with Crippen molar-refractivity contribution in [1.82, 2.24) is 24.6 Å². The minimum atomic E-state index is -0.249. The molecule has 2 aromatic rings. The van der Waals surface area contributed by atoms with Gasteiger partial charge in [-0.25, -0.2) is 0 Å². The first kappa shape index (κ1) is 17.9. The summed E-state index contributed by atoms with van der Waals surface area (Å²) in [6, 6.07) is 6.68. The Bertz CT molecular complexity index is 868. The third-order valence-corrected chi connectivity index (χ3v) is 4.33. The third kappa shape index (κ3) is 4.01. The Labute approximate surface area is 151 Å². The molecule has 2 aromatic heterocycles. The van der Waals surface area contributed by atoms with Crippen LogP contribution < -0.4 is 10.9 Å². The summed E-state index contributed by atoms with van der Waals surface area (Å²) in [5.74, 6) is -0.133. The molecule has 0 aromatic carbocycles. The number of rotatable bonds is 5. The summed E-state index contributed by atoms with van der Waals surface area (Å²) < 4.78 is 3.23. The fraction of sp³-hybridized carbons (Fsp3) is 0.444. The van der Waals surface area contributed by atoms with Crippen molar-refractivity contribution in [2.24, 2.45) is 5.92 Å². The molecule has 3 rings (SSSR count). The van der Waals surface area contributed by atoms with E-state index in [1.54, 1.807) is 18.3 Å². The molecule has 0 aliphatic carbocycles. The minimum Gasteiger partial charge on any atom is -0.349 e. The second kappa shape index (κ2) is 7.55. The quantitative estimate of drug-likeness (QED) is 0.837. The highest BCUT2D eigenvalue weighted by Crippen LogP contribution is 2.15. The van der Waals surface area contributed by atoms with Gasteiger partial charge >= 0.3 is 0 Å². The average molecular weight is 357 g/mol. The Morgan fingerprint density at radius 1 is 1.27 bits per heavy atom. The Morgan fingerprint density at radius 3 is 2.81 bits per heavy atom. The van der Waals surface area contributed by atoms with Crippen LogP contribution >= 0.6 is 0 Å². The number of amides is 2. The maximum atomic E-state index is 12.1. The number of carbonyl (C=O) groups excluding carboxylic acids is 2. The summed E-state index contributed by atoms with van der Waals surface area (Å²) >= 11 is 0. The number of nitrogens with one attached hydrogen (secondary N) is 1. The molecule has 0 saturated heterocycles. The van der Waals surface area contributed by atoms with Crippen molar-refractivity contribution in [3.8, 4) is 0 Å². The van der Waals surface area contributed by atoms with Gasteiger partial charge in [-0.3, -0.25) is 19.1 Å². The molecule has 0 bridgehead atoms. The standard InChI is InChI=1S/C18H23N5O3/c1-13(2)18(26)22-7-8-23-15(11-22)9-14(20-23)10-19-16(24)12-21-6-4-3-5-17(21)25/h3-6,9,13H,7-8,10-12H2,1-2H3,(H,19,24). The van der Waals surface area contributed by atoms with Crippen LogP contribution in [0.25, 0.3) is 0 Å². The van der Waals surface area contributed by atoms with Crippen molar-refractivity contribution >= 4 is 11.8 Å². The number of fused-ring (bicyclic) bond motifs is 1. The van der Waals surface area contributed by atoms with Gasteiger partial charge in [0.25, 0.3) is 5.56 Å². The molecule has 1 N–H and O–H groups in total. The summed E-state index contributed by atoms with van der Waals surface area (Å²) in [5, 5.41) is 7.26. The lowest BCUT2D eigenvalue weighted by Crippen LogP contribution is -2.40. The van der Waals surface area contributed by atoms with E-state index in [-0.39, 0.29) is 29.8 Å². The fourth-order valence-electron chi connectivity index (χ4n) is 2.96. The number of hydrogen-bond acceptors (Lipinski definition) is 4. The smallest absolute Gasteiger partial charge is 0.250 e. The summed E-state index contributed by atoms with van der Waals surface area (Å²) in [4.78, 5) is 37.7. The van der Waals surface area contributed by atoms with Crippen LogP contribution in [0, 0.1) is 5.92 Å². The van der Waals surface area contributed by atoms with Crippen LogP contribution in [0.15, 0.2) is 35.3 Å². The highest BCUT2D eigenvalue weighted by atomic mass is 16.2. The molecule has 8 heteroatoms. The van der Waals surface area contributed by atoms with E-state index in [1.807, 2.05) is 29.5 Å². The average Bonchev–Trinajstić information content (AvgIpc) is 3.03. The van der Waals surface area contributed by atoms with Crippen molar-refractivity contribution in [2.45, 2.75) is 40.0 Å². The van der Waals surface area contributed by atoms with Crippen LogP contribution in [-0.4, -0.2) is 37.6 Å². The number of hydrogen-bond donors (Lipinski definition) is 1. The van der Waals surface area contributed by atoms with Gasteiger partial charge in [0.15, 0.2) is 0 Å². The molecular formula is C18H23N5O3. The van der Waals surface area contributed by atoms with Gasteiger partial charge in [0.2, 0.25) is 11.8 Å². The minimum absolute atomic E-state index is 0.0235. The predicted molar refractivity (Wildman–Crippen MR) is 95.0 cm³/mol. The fourth-order valence-corrected chi connectivity index (χ4v) is 2.96. The van der Waals surface area contributed by atoms with Crippen LogP contribution in [0.5, 0.6) is 0 Å².